The summed E-state index contributed by atoms with van der Waals surface area (Å²) in [5.74, 6) is 0.140. The van der Waals surface area contributed by atoms with E-state index in [4.69, 9.17) is 0 Å². The Balaban J connectivity index is 1.39. The first-order chi connectivity index (χ1) is 12.2. The summed E-state index contributed by atoms with van der Waals surface area (Å²) in [7, 11) is 0. The van der Waals surface area contributed by atoms with Crippen molar-refractivity contribution in [3.63, 3.8) is 0 Å². The first kappa shape index (κ1) is 16.2. The summed E-state index contributed by atoms with van der Waals surface area (Å²) in [6.07, 6.45) is 0.969. The number of carbonyl (C=O) groups excluding carboxylic acids is 1. The maximum atomic E-state index is 11.7. The van der Waals surface area contributed by atoms with E-state index in [-0.39, 0.29) is 5.91 Å². The van der Waals surface area contributed by atoms with Gasteiger partial charge in [0.05, 0.1) is 0 Å². The second kappa shape index (κ2) is 6.89. The molecule has 1 amide bonds. The molecule has 0 aromatic heterocycles. The maximum Gasteiger partial charge on any atom is 0.223 e. The van der Waals surface area contributed by atoms with Crippen molar-refractivity contribution in [2.45, 2.75) is 19.9 Å². The van der Waals surface area contributed by atoms with Crippen LogP contribution >= 0.6 is 0 Å². The summed E-state index contributed by atoms with van der Waals surface area (Å²) in [6, 6.07) is 17.3. The highest BCUT2D eigenvalue weighted by atomic mass is 16.2. The molecule has 0 unspecified atom stereocenters. The minimum atomic E-state index is 0.140. The summed E-state index contributed by atoms with van der Waals surface area (Å²) >= 11 is 0. The van der Waals surface area contributed by atoms with E-state index in [1.54, 1.807) is 6.92 Å². The van der Waals surface area contributed by atoms with Gasteiger partial charge in [-0.25, -0.2) is 0 Å². The third-order valence-corrected chi connectivity index (χ3v) is 5.33. The molecular formula is C21H25N3O. The summed E-state index contributed by atoms with van der Waals surface area (Å²) in [5.41, 5.74) is 5.08. The molecule has 25 heavy (non-hydrogen) atoms. The normalized spacial score (nSPS) is 17.6. The fraction of sp³-hybridized carbons (Fsp3) is 0.381. The zero-order chi connectivity index (χ0) is 17.2. The van der Waals surface area contributed by atoms with Crippen molar-refractivity contribution in [3.8, 4) is 0 Å². The van der Waals surface area contributed by atoms with Crippen molar-refractivity contribution in [2.24, 2.45) is 0 Å². The highest BCUT2D eigenvalue weighted by Crippen LogP contribution is 2.32. The van der Waals surface area contributed by atoms with Gasteiger partial charge < -0.3 is 9.80 Å². The van der Waals surface area contributed by atoms with Crippen molar-refractivity contribution >= 4 is 17.3 Å². The number of piperazine rings is 1. The van der Waals surface area contributed by atoms with Gasteiger partial charge in [0.2, 0.25) is 5.91 Å². The number of amides is 1. The SMILES string of the molecule is CC(=O)N1CCc2cc(N3CCN(Cc4ccccc4)CC3)ccc21. The Morgan fingerprint density at radius 2 is 1.72 bits per heavy atom. The zero-order valence-corrected chi connectivity index (χ0v) is 14.8. The summed E-state index contributed by atoms with van der Waals surface area (Å²) < 4.78 is 0. The lowest BCUT2D eigenvalue weighted by atomic mass is 10.1. The summed E-state index contributed by atoms with van der Waals surface area (Å²) in [5, 5.41) is 0. The monoisotopic (exact) mass is 335 g/mol. The fourth-order valence-corrected chi connectivity index (χ4v) is 3.92. The lowest BCUT2D eigenvalue weighted by Gasteiger charge is -2.36. The molecule has 2 aromatic carbocycles. The van der Waals surface area contributed by atoms with Gasteiger partial charge >= 0.3 is 0 Å². The molecule has 130 valence electrons. The van der Waals surface area contributed by atoms with Crippen LogP contribution in [0.5, 0.6) is 0 Å². The molecule has 1 saturated heterocycles. The molecule has 0 spiro atoms. The molecule has 4 rings (SSSR count). The Bertz CT molecular complexity index is 751. The summed E-state index contributed by atoms with van der Waals surface area (Å²) in [6.45, 7) is 7.79. The topological polar surface area (TPSA) is 26.8 Å². The molecule has 2 aliphatic heterocycles. The Morgan fingerprint density at radius 3 is 2.44 bits per heavy atom. The van der Waals surface area contributed by atoms with E-state index in [2.05, 4.69) is 58.3 Å². The minimum Gasteiger partial charge on any atom is -0.369 e. The number of nitrogens with zero attached hydrogens (tertiary/aromatic N) is 3. The van der Waals surface area contributed by atoms with Crippen LogP contribution in [0.2, 0.25) is 0 Å². The number of hydrogen-bond acceptors (Lipinski definition) is 3. The molecule has 1 fully saturated rings. The summed E-state index contributed by atoms with van der Waals surface area (Å²) in [4.78, 5) is 18.6. The van der Waals surface area contributed by atoms with Gasteiger partial charge in [0.1, 0.15) is 0 Å². The Hall–Kier alpha value is -2.33. The van der Waals surface area contributed by atoms with E-state index >= 15 is 0 Å². The molecule has 0 bridgehead atoms. The molecule has 0 N–H and O–H groups in total. The van der Waals surface area contributed by atoms with Crippen molar-refractivity contribution in [1.82, 2.24) is 4.90 Å². The first-order valence-electron chi connectivity index (χ1n) is 9.13. The molecule has 4 nitrogen and oxygen atoms in total. The Kier molecular flexibility index (Phi) is 4.45. The van der Waals surface area contributed by atoms with E-state index in [9.17, 15) is 4.79 Å². The predicted molar refractivity (Wildman–Crippen MR) is 102 cm³/mol. The largest absolute Gasteiger partial charge is 0.369 e. The smallest absolute Gasteiger partial charge is 0.223 e. The van der Waals surface area contributed by atoms with E-state index in [0.717, 1.165) is 51.4 Å². The van der Waals surface area contributed by atoms with Crippen LogP contribution in [-0.4, -0.2) is 43.5 Å². The lowest BCUT2D eigenvalue weighted by Crippen LogP contribution is -2.46. The van der Waals surface area contributed by atoms with Gasteiger partial charge in [-0.3, -0.25) is 9.69 Å². The van der Waals surface area contributed by atoms with Crippen LogP contribution in [0, 0.1) is 0 Å². The third kappa shape index (κ3) is 3.40. The van der Waals surface area contributed by atoms with Gasteiger partial charge in [0.25, 0.3) is 0 Å². The molecule has 0 aliphatic carbocycles. The van der Waals surface area contributed by atoms with Crippen molar-refractivity contribution in [2.75, 3.05) is 42.5 Å². The van der Waals surface area contributed by atoms with E-state index in [1.165, 1.54) is 16.8 Å². The average molecular weight is 335 g/mol. The van der Waals surface area contributed by atoms with Crippen LogP contribution in [-0.2, 0) is 17.8 Å². The van der Waals surface area contributed by atoms with Crippen LogP contribution in [0.1, 0.15) is 18.1 Å². The predicted octanol–water partition coefficient (Wildman–Crippen LogP) is 2.92. The van der Waals surface area contributed by atoms with Crippen LogP contribution in [0.15, 0.2) is 48.5 Å². The van der Waals surface area contributed by atoms with E-state index < -0.39 is 0 Å². The van der Waals surface area contributed by atoms with Crippen LogP contribution in [0.4, 0.5) is 11.4 Å². The minimum absolute atomic E-state index is 0.140. The lowest BCUT2D eigenvalue weighted by molar-refractivity contribution is -0.116. The fourth-order valence-electron chi connectivity index (χ4n) is 3.92. The molecule has 2 aromatic rings. The number of fused-ring (bicyclic) bond motifs is 1. The molecule has 2 heterocycles. The second-order valence-corrected chi connectivity index (χ2v) is 6.98. The second-order valence-electron chi connectivity index (χ2n) is 6.98. The quantitative estimate of drug-likeness (QED) is 0.863. The molecule has 4 heteroatoms. The number of hydrogen-bond donors (Lipinski definition) is 0. The highest BCUT2D eigenvalue weighted by Gasteiger charge is 2.24. The van der Waals surface area contributed by atoms with Gasteiger partial charge in [-0.1, -0.05) is 30.3 Å². The standard InChI is InChI=1S/C21H25N3O/c1-17(25)24-10-9-19-15-20(7-8-21(19)24)23-13-11-22(12-14-23)16-18-5-3-2-4-6-18/h2-8,15H,9-14,16H2,1H3. The molecular weight excluding hydrogens is 310 g/mol. The van der Waals surface area contributed by atoms with Gasteiger partial charge in [0.15, 0.2) is 0 Å². The molecule has 0 atom stereocenters. The number of carbonyl (C=O) groups is 1. The Morgan fingerprint density at radius 1 is 0.960 bits per heavy atom. The van der Waals surface area contributed by atoms with E-state index in [0.29, 0.717) is 0 Å². The molecule has 0 radical (unpaired) electrons. The first-order valence-corrected chi connectivity index (χ1v) is 9.13. The maximum absolute atomic E-state index is 11.7. The van der Waals surface area contributed by atoms with Crippen LogP contribution < -0.4 is 9.80 Å². The van der Waals surface area contributed by atoms with Gasteiger partial charge in [0, 0.05) is 57.6 Å². The van der Waals surface area contributed by atoms with Crippen LogP contribution in [0.3, 0.4) is 0 Å². The number of anilines is 2. The molecule has 0 saturated carbocycles. The van der Waals surface area contributed by atoms with Crippen LogP contribution in [0.25, 0.3) is 0 Å². The van der Waals surface area contributed by atoms with Crippen molar-refractivity contribution < 1.29 is 4.79 Å². The highest BCUT2D eigenvalue weighted by molar-refractivity contribution is 5.94. The number of benzene rings is 2. The van der Waals surface area contributed by atoms with E-state index in [1.807, 2.05) is 4.90 Å². The zero-order valence-electron chi connectivity index (χ0n) is 14.8. The van der Waals surface area contributed by atoms with Gasteiger partial charge in [-0.05, 0) is 35.7 Å². The van der Waals surface area contributed by atoms with Gasteiger partial charge in [-0.15, -0.1) is 0 Å². The third-order valence-electron chi connectivity index (χ3n) is 5.33. The van der Waals surface area contributed by atoms with Gasteiger partial charge in [-0.2, -0.15) is 0 Å². The average Bonchev–Trinajstić information content (AvgIpc) is 3.07. The Labute approximate surface area is 149 Å². The van der Waals surface area contributed by atoms with Crippen molar-refractivity contribution in [3.05, 3.63) is 59.7 Å². The van der Waals surface area contributed by atoms with Crippen molar-refractivity contribution in [1.29, 1.82) is 0 Å². The number of rotatable bonds is 3. The molecule has 2 aliphatic rings.